The van der Waals surface area contributed by atoms with E-state index >= 15 is 0 Å². The number of hydrogen-bond donors (Lipinski definition) is 0. The van der Waals surface area contributed by atoms with E-state index in [1.54, 1.807) is 11.8 Å². The lowest BCUT2D eigenvalue weighted by molar-refractivity contribution is -0.132. The molecule has 1 heterocycles. The Labute approximate surface area is 118 Å². The molecule has 0 atom stereocenters. The number of hydrogen-bond acceptors (Lipinski definition) is 5. The van der Waals surface area contributed by atoms with Gasteiger partial charge in [-0.25, -0.2) is 9.48 Å². The molecule has 1 amide bonds. The van der Waals surface area contributed by atoms with Gasteiger partial charge in [-0.1, -0.05) is 19.1 Å². The first-order chi connectivity index (χ1) is 9.62. The zero-order valence-electron chi connectivity index (χ0n) is 12.3. The van der Waals surface area contributed by atoms with E-state index in [4.69, 9.17) is 4.74 Å². The molecule has 0 N–H and O–H groups in total. The highest BCUT2D eigenvalue weighted by Gasteiger charge is 2.16. The molecule has 1 rings (SSSR count). The molecule has 0 saturated carbocycles. The second-order valence-corrected chi connectivity index (χ2v) is 4.40. The van der Waals surface area contributed by atoms with Gasteiger partial charge in [0.1, 0.15) is 6.54 Å². The molecule has 7 heteroatoms. The van der Waals surface area contributed by atoms with Crippen LogP contribution in [-0.4, -0.2) is 51.5 Å². The number of carbonyl (C=O) groups is 2. The fourth-order valence-corrected chi connectivity index (χ4v) is 1.81. The van der Waals surface area contributed by atoms with Crippen molar-refractivity contribution in [1.82, 2.24) is 19.9 Å². The summed E-state index contributed by atoms with van der Waals surface area (Å²) < 4.78 is 6.19. The minimum Gasteiger partial charge on any atom is -0.461 e. The van der Waals surface area contributed by atoms with E-state index < -0.39 is 5.97 Å². The van der Waals surface area contributed by atoms with Crippen molar-refractivity contribution < 1.29 is 14.3 Å². The minimum atomic E-state index is -0.523. The van der Waals surface area contributed by atoms with Crippen LogP contribution >= 0.6 is 0 Å². The zero-order chi connectivity index (χ0) is 15.0. The Kier molecular flexibility index (Phi) is 6.69. The Morgan fingerprint density at radius 2 is 1.90 bits per heavy atom. The van der Waals surface area contributed by atoms with E-state index in [2.05, 4.69) is 10.3 Å². The molecule has 0 radical (unpaired) electrons. The van der Waals surface area contributed by atoms with Gasteiger partial charge >= 0.3 is 5.97 Å². The van der Waals surface area contributed by atoms with E-state index in [1.807, 2.05) is 13.8 Å². The van der Waals surface area contributed by atoms with E-state index in [0.29, 0.717) is 0 Å². The van der Waals surface area contributed by atoms with Gasteiger partial charge in [0.2, 0.25) is 5.91 Å². The van der Waals surface area contributed by atoms with Gasteiger partial charge in [0, 0.05) is 13.1 Å². The lowest BCUT2D eigenvalue weighted by atomic mass is 10.3. The molecule has 1 aromatic rings. The molecule has 0 spiro atoms. The second kappa shape index (κ2) is 8.29. The van der Waals surface area contributed by atoms with Crippen LogP contribution in [0.25, 0.3) is 0 Å². The lowest BCUT2D eigenvalue weighted by Crippen LogP contribution is -2.35. The Bertz CT molecular complexity index is 439. The Balaban J connectivity index is 2.63. The Morgan fingerprint density at radius 1 is 1.25 bits per heavy atom. The van der Waals surface area contributed by atoms with Crippen LogP contribution in [0, 0.1) is 0 Å². The predicted molar refractivity (Wildman–Crippen MR) is 73.1 cm³/mol. The molecule has 0 aliphatic heterocycles. The van der Waals surface area contributed by atoms with Crippen LogP contribution < -0.4 is 0 Å². The molecule has 0 fully saturated rings. The molecule has 20 heavy (non-hydrogen) atoms. The smallest absolute Gasteiger partial charge is 0.360 e. The third kappa shape index (κ3) is 4.64. The van der Waals surface area contributed by atoms with Crippen molar-refractivity contribution in [3.05, 3.63) is 11.9 Å². The Morgan fingerprint density at radius 3 is 2.45 bits per heavy atom. The standard InChI is InChI=1S/C13H22N4O3/c1-4-7-16(8-5-2)12(18)10-17-9-11(14-15-17)13(19)20-6-3/h9H,4-8,10H2,1-3H3. The van der Waals surface area contributed by atoms with Crippen LogP contribution in [0.2, 0.25) is 0 Å². The van der Waals surface area contributed by atoms with Crippen LogP contribution in [-0.2, 0) is 16.1 Å². The van der Waals surface area contributed by atoms with Gasteiger partial charge in [0.05, 0.1) is 12.8 Å². The first kappa shape index (κ1) is 16.1. The maximum atomic E-state index is 12.1. The summed E-state index contributed by atoms with van der Waals surface area (Å²) in [5, 5.41) is 7.49. The van der Waals surface area contributed by atoms with Crippen molar-refractivity contribution >= 4 is 11.9 Å². The number of nitrogens with zero attached hydrogens (tertiary/aromatic N) is 4. The number of aromatic nitrogens is 3. The molecule has 112 valence electrons. The Hall–Kier alpha value is -1.92. The third-order valence-electron chi connectivity index (χ3n) is 2.66. The van der Waals surface area contributed by atoms with Crippen LogP contribution in [0.1, 0.15) is 44.1 Å². The van der Waals surface area contributed by atoms with Crippen molar-refractivity contribution in [3.8, 4) is 0 Å². The second-order valence-electron chi connectivity index (χ2n) is 4.40. The van der Waals surface area contributed by atoms with Crippen LogP contribution in [0.3, 0.4) is 0 Å². The fourth-order valence-electron chi connectivity index (χ4n) is 1.81. The SMILES string of the molecule is CCCN(CCC)C(=O)Cn1cc(C(=O)OCC)nn1. The van der Waals surface area contributed by atoms with Crippen molar-refractivity contribution in [1.29, 1.82) is 0 Å². The summed E-state index contributed by atoms with van der Waals surface area (Å²) in [7, 11) is 0. The third-order valence-corrected chi connectivity index (χ3v) is 2.66. The number of rotatable bonds is 8. The summed E-state index contributed by atoms with van der Waals surface area (Å²) in [6, 6.07) is 0. The lowest BCUT2D eigenvalue weighted by Gasteiger charge is -2.21. The van der Waals surface area contributed by atoms with E-state index in [0.717, 1.165) is 25.9 Å². The molecule has 7 nitrogen and oxygen atoms in total. The fraction of sp³-hybridized carbons (Fsp3) is 0.692. The van der Waals surface area contributed by atoms with Crippen molar-refractivity contribution in [3.63, 3.8) is 0 Å². The molecule has 0 saturated heterocycles. The molecule has 0 bridgehead atoms. The van der Waals surface area contributed by atoms with Gasteiger partial charge < -0.3 is 9.64 Å². The highest BCUT2D eigenvalue weighted by atomic mass is 16.5. The average molecular weight is 282 g/mol. The number of esters is 1. The van der Waals surface area contributed by atoms with Gasteiger partial charge in [-0.3, -0.25) is 4.79 Å². The van der Waals surface area contributed by atoms with Gasteiger partial charge in [0.25, 0.3) is 0 Å². The minimum absolute atomic E-state index is 0.0194. The van der Waals surface area contributed by atoms with Gasteiger partial charge in [-0.2, -0.15) is 0 Å². The summed E-state index contributed by atoms with van der Waals surface area (Å²) >= 11 is 0. The maximum absolute atomic E-state index is 12.1. The summed E-state index contributed by atoms with van der Waals surface area (Å²) in [4.78, 5) is 25.4. The molecule has 0 aromatic carbocycles. The van der Waals surface area contributed by atoms with E-state index in [1.165, 1.54) is 10.9 Å². The molecule has 1 aromatic heterocycles. The first-order valence-electron chi connectivity index (χ1n) is 6.97. The van der Waals surface area contributed by atoms with Crippen LogP contribution in [0.4, 0.5) is 0 Å². The maximum Gasteiger partial charge on any atom is 0.360 e. The topological polar surface area (TPSA) is 77.3 Å². The highest BCUT2D eigenvalue weighted by molar-refractivity contribution is 5.86. The highest BCUT2D eigenvalue weighted by Crippen LogP contribution is 2.00. The largest absolute Gasteiger partial charge is 0.461 e. The summed E-state index contributed by atoms with van der Waals surface area (Å²) in [6.45, 7) is 7.61. The monoisotopic (exact) mass is 282 g/mol. The molecule has 0 aliphatic carbocycles. The number of ether oxygens (including phenoxy) is 1. The van der Waals surface area contributed by atoms with E-state index in [9.17, 15) is 9.59 Å². The van der Waals surface area contributed by atoms with Gasteiger partial charge in [-0.15, -0.1) is 5.10 Å². The molecule has 0 aliphatic rings. The molecular formula is C13H22N4O3. The predicted octanol–water partition coefficient (Wildman–Crippen LogP) is 1.10. The van der Waals surface area contributed by atoms with E-state index in [-0.39, 0.29) is 24.8 Å². The molecule has 0 unspecified atom stereocenters. The van der Waals surface area contributed by atoms with Gasteiger partial charge in [-0.05, 0) is 19.8 Å². The van der Waals surface area contributed by atoms with Crippen molar-refractivity contribution in [2.24, 2.45) is 0 Å². The first-order valence-corrected chi connectivity index (χ1v) is 6.97. The summed E-state index contributed by atoms with van der Waals surface area (Å²) in [6.07, 6.45) is 3.26. The van der Waals surface area contributed by atoms with Crippen molar-refractivity contribution in [2.45, 2.75) is 40.2 Å². The van der Waals surface area contributed by atoms with Crippen LogP contribution in [0.15, 0.2) is 6.20 Å². The quantitative estimate of drug-likeness (QED) is 0.667. The summed E-state index contributed by atoms with van der Waals surface area (Å²) in [5.74, 6) is -0.542. The zero-order valence-corrected chi connectivity index (χ0v) is 12.3. The summed E-state index contributed by atoms with van der Waals surface area (Å²) in [5.41, 5.74) is 0.122. The van der Waals surface area contributed by atoms with Crippen LogP contribution in [0.5, 0.6) is 0 Å². The molecular weight excluding hydrogens is 260 g/mol. The average Bonchev–Trinajstić information content (AvgIpc) is 2.87. The number of amides is 1. The normalized spacial score (nSPS) is 10.3. The number of carbonyl (C=O) groups excluding carboxylic acids is 2. The van der Waals surface area contributed by atoms with Gasteiger partial charge in [0.15, 0.2) is 5.69 Å². The van der Waals surface area contributed by atoms with Crippen molar-refractivity contribution in [2.75, 3.05) is 19.7 Å².